The molecule has 0 heterocycles. The first-order valence-corrected chi connectivity index (χ1v) is 12.8. The van der Waals surface area contributed by atoms with Crippen molar-refractivity contribution in [1.82, 2.24) is 5.43 Å². The van der Waals surface area contributed by atoms with E-state index in [9.17, 15) is 23.3 Å². The fraction of sp³-hybridized carbons (Fsp3) is 0.130. The highest BCUT2D eigenvalue weighted by Crippen LogP contribution is 2.35. The molecule has 0 aliphatic carbocycles. The van der Waals surface area contributed by atoms with Crippen molar-refractivity contribution < 1.29 is 22.9 Å². The van der Waals surface area contributed by atoms with E-state index in [0.717, 1.165) is 14.8 Å². The predicted molar refractivity (Wildman–Crippen MR) is 140 cm³/mol. The van der Waals surface area contributed by atoms with Gasteiger partial charge in [-0.2, -0.15) is 5.10 Å². The highest BCUT2D eigenvalue weighted by Gasteiger charge is 2.31. The van der Waals surface area contributed by atoms with Crippen LogP contribution in [0.2, 0.25) is 5.02 Å². The molecule has 0 aliphatic heterocycles. The van der Waals surface area contributed by atoms with Crippen molar-refractivity contribution in [2.24, 2.45) is 5.10 Å². The van der Waals surface area contributed by atoms with Gasteiger partial charge in [0, 0.05) is 21.1 Å². The molecule has 1 N–H and O–H groups in total. The number of ether oxygens (including phenoxy) is 1. The van der Waals surface area contributed by atoms with Gasteiger partial charge in [-0.1, -0.05) is 45.7 Å². The molecule has 0 bridgehead atoms. The lowest BCUT2D eigenvalue weighted by molar-refractivity contribution is -0.385. The van der Waals surface area contributed by atoms with Crippen molar-refractivity contribution in [3.63, 3.8) is 0 Å². The van der Waals surface area contributed by atoms with Crippen molar-refractivity contribution in [3.8, 4) is 5.75 Å². The van der Waals surface area contributed by atoms with Gasteiger partial charge in [-0.15, -0.1) is 0 Å². The molecular formula is C23H20BrClN4O6S. The Morgan fingerprint density at radius 2 is 1.89 bits per heavy atom. The molecule has 0 unspecified atom stereocenters. The van der Waals surface area contributed by atoms with Gasteiger partial charge in [0.15, 0.2) is 0 Å². The maximum absolute atomic E-state index is 13.6. The summed E-state index contributed by atoms with van der Waals surface area (Å²) in [6.45, 7) is 0.779. The van der Waals surface area contributed by atoms with E-state index in [-0.39, 0.29) is 32.6 Å². The number of sulfonamides is 1. The number of amides is 1. The van der Waals surface area contributed by atoms with Crippen LogP contribution in [0.4, 0.5) is 11.4 Å². The summed E-state index contributed by atoms with van der Waals surface area (Å²) in [5.41, 5.74) is 2.87. The van der Waals surface area contributed by atoms with Crippen LogP contribution in [0.3, 0.4) is 0 Å². The van der Waals surface area contributed by atoms with E-state index in [4.69, 9.17) is 16.3 Å². The first-order chi connectivity index (χ1) is 17.0. The van der Waals surface area contributed by atoms with Crippen LogP contribution < -0.4 is 14.5 Å². The fourth-order valence-corrected chi connectivity index (χ4v) is 5.00. The minimum atomic E-state index is -4.48. The number of halogens is 2. The molecule has 0 spiro atoms. The summed E-state index contributed by atoms with van der Waals surface area (Å²) in [7, 11) is -3.15. The number of aryl methyl sites for hydroxylation is 1. The summed E-state index contributed by atoms with van der Waals surface area (Å²) in [4.78, 5) is 23.1. The Hall–Kier alpha value is -3.48. The number of nitro groups is 1. The van der Waals surface area contributed by atoms with Crippen LogP contribution in [-0.2, 0) is 14.8 Å². The van der Waals surface area contributed by atoms with Crippen LogP contribution in [0.5, 0.6) is 5.75 Å². The molecule has 36 heavy (non-hydrogen) atoms. The SMILES string of the molecule is COc1ccc(Cl)cc1N(CC(=O)N/N=C\c1ccc(Br)cc1)S(=O)(=O)c1ccc(C)c([N+](=O)[O-])c1. The number of nitrogens with zero attached hydrogens (tertiary/aromatic N) is 3. The lowest BCUT2D eigenvalue weighted by Crippen LogP contribution is -2.39. The van der Waals surface area contributed by atoms with Crippen LogP contribution in [0.1, 0.15) is 11.1 Å². The normalized spacial score (nSPS) is 11.3. The van der Waals surface area contributed by atoms with Gasteiger partial charge in [-0.25, -0.2) is 13.8 Å². The molecule has 0 radical (unpaired) electrons. The molecule has 0 fully saturated rings. The highest BCUT2D eigenvalue weighted by molar-refractivity contribution is 9.10. The minimum absolute atomic E-state index is 0.0275. The molecule has 0 saturated carbocycles. The molecule has 1 amide bonds. The second kappa shape index (κ2) is 11.5. The van der Waals surface area contributed by atoms with Gasteiger partial charge in [0.2, 0.25) is 0 Å². The number of nitro benzene ring substituents is 1. The molecule has 3 rings (SSSR count). The lowest BCUT2D eigenvalue weighted by atomic mass is 10.2. The smallest absolute Gasteiger partial charge is 0.273 e. The van der Waals surface area contributed by atoms with E-state index in [1.54, 1.807) is 24.3 Å². The average molecular weight is 596 g/mol. The van der Waals surface area contributed by atoms with E-state index in [1.165, 1.54) is 50.6 Å². The standard InChI is InChI=1S/C23H20BrClN4O6S/c1-15-3-9-19(12-20(15)29(31)32)36(33,34)28(21-11-18(25)8-10-22(21)35-2)14-23(30)27-26-13-16-4-6-17(24)7-5-16/h3-13H,14H2,1-2H3,(H,27,30)/b26-13-. The molecule has 13 heteroatoms. The maximum Gasteiger partial charge on any atom is 0.273 e. The molecule has 10 nitrogen and oxygen atoms in total. The molecule has 0 saturated heterocycles. The average Bonchev–Trinajstić information content (AvgIpc) is 2.83. The maximum atomic E-state index is 13.6. The summed E-state index contributed by atoms with van der Waals surface area (Å²) >= 11 is 9.43. The third-order valence-electron chi connectivity index (χ3n) is 4.93. The van der Waals surface area contributed by atoms with E-state index in [0.29, 0.717) is 5.56 Å². The Morgan fingerprint density at radius 1 is 1.19 bits per heavy atom. The number of carbonyl (C=O) groups excluding carboxylic acids is 1. The largest absolute Gasteiger partial charge is 0.495 e. The summed E-state index contributed by atoms with van der Waals surface area (Å²) in [5, 5.41) is 15.5. The number of anilines is 1. The van der Waals surface area contributed by atoms with Crippen LogP contribution in [0.15, 0.2) is 75.1 Å². The molecule has 0 aliphatic rings. The summed E-state index contributed by atoms with van der Waals surface area (Å²) in [6.07, 6.45) is 1.40. The number of hydrazone groups is 1. The van der Waals surface area contributed by atoms with Gasteiger partial charge in [0.25, 0.3) is 21.6 Å². The second-order valence-corrected chi connectivity index (χ2v) is 10.6. The number of carbonyl (C=O) groups is 1. The van der Waals surface area contributed by atoms with Gasteiger partial charge in [0.05, 0.1) is 28.8 Å². The number of rotatable bonds is 9. The second-order valence-electron chi connectivity index (χ2n) is 7.38. The van der Waals surface area contributed by atoms with Gasteiger partial charge in [0.1, 0.15) is 12.3 Å². The third-order valence-corrected chi connectivity index (χ3v) is 7.45. The fourth-order valence-electron chi connectivity index (χ4n) is 3.12. The number of benzene rings is 3. The van der Waals surface area contributed by atoms with E-state index >= 15 is 0 Å². The van der Waals surface area contributed by atoms with Crippen molar-refractivity contribution in [2.75, 3.05) is 18.0 Å². The van der Waals surface area contributed by atoms with E-state index < -0.39 is 27.4 Å². The van der Waals surface area contributed by atoms with Gasteiger partial charge >= 0.3 is 0 Å². The van der Waals surface area contributed by atoms with E-state index in [1.807, 2.05) is 0 Å². The van der Waals surface area contributed by atoms with Gasteiger partial charge < -0.3 is 4.74 Å². The van der Waals surface area contributed by atoms with Crippen LogP contribution >= 0.6 is 27.5 Å². The molecule has 0 aromatic heterocycles. The Morgan fingerprint density at radius 3 is 2.53 bits per heavy atom. The summed E-state index contributed by atoms with van der Waals surface area (Å²) in [6, 6.07) is 14.9. The van der Waals surface area contributed by atoms with Crippen molar-refractivity contribution in [3.05, 3.63) is 91.4 Å². The number of hydrogen-bond donors (Lipinski definition) is 1. The first kappa shape index (κ1) is 27.1. The van der Waals surface area contributed by atoms with E-state index in [2.05, 4.69) is 26.5 Å². The Balaban J connectivity index is 1.99. The molecule has 0 atom stereocenters. The van der Waals surface area contributed by atoms with Crippen molar-refractivity contribution in [1.29, 1.82) is 0 Å². The van der Waals surface area contributed by atoms with Gasteiger partial charge in [-0.05, 0) is 48.9 Å². The molecular weight excluding hydrogens is 576 g/mol. The van der Waals surface area contributed by atoms with Crippen molar-refractivity contribution >= 4 is 61.1 Å². The Labute approximate surface area is 220 Å². The zero-order valence-electron chi connectivity index (χ0n) is 19.0. The number of nitrogens with one attached hydrogen (secondary N) is 1. The van der Waals surface area contributed by atoms with Crippen molar-refractivity contribution in [2.45, 2.75) is 11.8 Å². The van der Waals surface area contributed by atoms with Crippen LogP contribution in [0.25, 0.3) is 0 Å². The summed E-state index contributed by atoms with van der Waals surface area (Å²) in [5.74, 6) is -0.647. The van der Waals surface area contributed by atoms with Crippen LogP contribution in [0, 0.1) is 17.0 Å². The third kappa shape index (κ3) is 6.39. The molecule has 3 aromatic rings. The topological polar surface area (TPSA) is 131 Å². The molecule has 3 aromatic carbocycles. The monoisotopic (exact) mass is 594 g/mol. The predicted octanol–water partition coefficient (Wildman–Crippen LogP) is 4.67. The number of hydrogen-bond acceptors (Lipinski definition) is 7. The van der Waals surface area contributed by atoms with Gasteiger partial charge in [-0.3, -0.25) is 19.2 Å². The Kier molecular flexibility index (Phi) is 8.66. The quantitative estimate of drug-likeness (QED) is 0.217. The summed E-state index contributed by atoms with van der Waals surface area (Å²) < 4.78 is 34.2. The molecule has 188 valence electrons. The minimum Gasteiger partial charge on any atom is -0.495 e. The highest BCUT2D eigenvalue weighted by atomic mass is 79.9. The zero-order valence-corrected chi connectivity index (χ0v) is 22.2. The Bertz CT molecular complexity index is 1430. The number of methoxy groups -OCH3 is 1. The first-order valence-electron chi connectivity index (χ1n) is 10.2. The lowest BCUT2D eigenvalue weighted by Gasteiger charge is -2.25. The zero-order chi connectivity index (χ0) is 26.5. The van der Waals surface area contributed by atoms with Crippen LogP contribution in [-0.4, -0.2) is 39.1 Å².